The number of hydrogen-bond donors (Lipinski definition) is 1. The fourth-order valence-electron chi connectivity index (χ4n) is 1.62. The molecule has 1 N–H and O–H groups in total. The highest BCUT2D eigenvalue weighted by Crippen LogP contribution is 2.21. The summed E-state index contributed by atoms with van der Waals surface area (Å²) in [5.74, 6) is -0.334. The van der Waals surface area contributed by atoms with Crippen LogP contribution >= 0.6 is 0 Å². The molecular formula is C13H24F3NO3. The van der Waals surface area contributed by atoms with E-state index in [1.54, 1.807) is 20.9 Å². The summed E-state index contributed by atoms with van der Waals surface area (Å²) in [4.78, 5) is 11.7. The third-order valence-electron chi connectivity index (χ3n) is 2.99. The summed E-state index contributed by atoms with van der Waals surface area (Å²) < 4.78 is 45.7. The summed E-state index contributed by atoms with van der Waals surface area (Å²) in [7, 11) is 1.67. The number of alkyl halides is 3. The molecule has 0 fully saturated rings. The Balaban J connectivity index is 3.78. The van der Waals surface area contributed by atoms with Crippen molar-refractivity contribution in [1.82, 2.24) is 5.32 Å². The third-order valence-corrected chi connectivity index (χ3v) is 2.99. The molecule has 0 aliphatic rings. The number of hydrogen-bond acceptors (Lipinski definition) is 4. The summed E-state index contributed by atoms with van der Waals surface area (Å²) in [6.45, 7) is 4.18. The van der Waals surface area contributed by atoms with Crippen LogP contribution in [0.15, 0.2) is 0 Å². The number of likely N-dealkylation sites (N-methyl/N-ethyl adjacent to an activating group) is 1. The van der Waals surface area contributed by atoms with Gasteiger partial charge in [0.1, 0.15) is 5.54 Å². The highest BCUT2D eigenvalue weighted by Gasteiger charge is 2.32. The van der Waals surface area contributed by atoms with Crippen LogP contribution in [-0.2, 0) is 14.3 Å². The van der Waals surface area contributed by atoms with Crippen LogP contribution in [0.1, 0.15) is 39.5 Å². The molecule has 0 aliphatic carbocycles. The van der Waals surface area contributed by atoms with Crippen LogP contribution in [-0.4, -0.2) is 44.6 Å². The number of halogens is 3. The maximum Gasteiger partial charge on any atom is 0.389 e. The lowest BCUT2D eigenvalue weighted by molar-refractivity contribution is -0.150. The van der Waals surface area contributed by atoms with Crippen molar-refractivity contribution in [1.29, 1.82) is 0 Å². The van der Waals surface area contributed by atoms with Gasteiger partial charge in [-0.1, -0.05) is 0 Å². The van der Waals surface area contributed by atoms with E-state index in [9.17, 15) is 18.0 Å². The van der Waals surface area contributed by atoms with Crippen LogP contribution in [0.2, 0.25) is 0 Å². The fraction of sp³-hybridized carbons (Fsp3) is 0.923. The number of ether oxygens (including phenoxy) is 2. The Bertz CT molecular complexity index is 285. The van der Waals surface area contributed by atoms with Crippen molar-refractivity contribution in [2.75, 3.05) is 26.9 Å². The van der Waals surface area contributed by atoms with Crippen molar-refractivity contribution in [2.45, 2.75) is 51.2 Å². The minimum atomic E-state index is -4.13. The summed E-state index contributed by atoms with van der Waals surface area (Å²) >= 11 is 0. The first-order valence-corrected chi connectivity index (χ1v) is 6.76. The summed E-state index contributed by atoms with van der Waals surface area (Å²) in [6.07, 6.45) is -3.92. The highest BCUT2D eigenvalue weighted by atomic mass is 19.4. The molecule has 1 unspecified atom stereocenters. The van der Waals surface area contributed by atoms with E-state index in [1.165, 1.54) is 0 Å². The van der Waals surface area contributed by atoms with Crippen LogP contribution in [0.4, 0.5) is 13.2 Å². The van der Waals surface area contributed by atoms with Gasteiger partial charge >= 0.3 is 12.1 Å². The Morgan fingerprint density at radius 3 is 2.15 bits per heavy atom. The maximum atomic E-state index is 11.9. The van der Waals surface area contributed by atoms with E-state index in [4.69, 9.17) is 9.47 Å². The molecule has 0 aromatic heterocycles. The zero-order valence-corrected chi connectivity index (χ0v) is 12.3. The van der Waals surface area contributed by atoms with E-state index >= 15 is 0 Å². The van der Waals surface area contributed by atoms with Crippen molar-refractivity contribution in [3.8, 4) is 0 Å². The van der Waals surface area contributed by atoms with Gasteiger partial charge in [-0.05, 0) is 40.2 Å². The minimum Gasteiger partial charge on any atom is -0.465 e. The smallest absolute Gasteiger partial charge is 0.389 e. The molecule has 7 heteroatoms. The van der Waals surface area contributed by atoms with E-state index in [0.29, 0.717) is 26.1 Å². The second kappa shape index (κ2) is 9.18. The molecule has 1 atom stereocenters. The van der Waals surface area contributed by atoms with E-state index in [0.717, 1.165) is 0 Å². The van der Waals surface area contributed by atoms with Crippen LogP contribution in [0.25, 0.3) is 0 Å². The van der Waals surface area contributed by atoms with E-state index < -0.39 is 18.1 Å². The Hall–Kier alpha value is -0.820. The number of esters is 1. The van der Waals surface area contributed by atoms with Crippen molar-refractivity contribution in [3.63, 3.8) is 0 Å². The average molecular weight is 299 g/mol. The monoisotopic (exact) mass is 299 g/mol. The molecule has 0 saturated heterocycles. The molecule has 0 amide bonds. The Labute approximate surface area is 118 Å². The first-order chi connectivity index (χ1) is 9.25. The SMILES string of the molecule is CCOC(=O)C(C)(CCCOCCCC(F)(F)F)NC. The molecular weight excluding hydrogens is 275 g/mol. The van der Waals surface area contributed by atoms with E-state index in [1.807, 2.05) is 0 Å². The van der Waals surface area contributed by atoms with E-state index in [-0.39, 0.29) is 19.0 Å². The van der Waals surface area contributed by atoms with Crippen LogP contribution in [0, 0.1) is 0 Å². The lowest BCUT2D eigenvalue weighted by atomic mass is 9.96. The maximum absolute atomic E-state index is 11.9. The molecule has 0 bridgehead atoms. The van der Waals surface area contributed by atoms with Gasteiger partial charge in [0.15, 0.2) is 0 Å². The first kappa shape index (κ1) is 19.2. The Morgan fingerprint density at radius 2 is 1.70 bits per heavy atom. The summed E-state index contributed by atoms with van der Waals surface area (Å²) in [5, 5.41) is 2.91. The lowest BCUT2D eigenvalue weighted by Gasteiger charge is -2.26. The Kier molecular flexibility index (Phi) is 8.80. The van der Waals surface area contributed by atoms with Crippen molar-refractivity contribution in [2.24, 2.45) is 0 Å². The normalized spacial score (nSPS) is 14.9. The van der Waals surface area contributed by atoms with Crippen molar-refractivity contribution < 1.29 is 27.4 Å². The number of carbonyl (C=O) groups is 1. The van der Waals surface area contributed by atoms with Crippen molar-refractivity contribution >= 4 is 5.97 Å². The molecule has 0 aromatic carbocycles. The topological polar surface area (TPSA) is 47.6 Å². The lowest BCUT2D eigenvalue weighted by Crippen LogP contribution is -2.48. The van der Waals surface area contributed by atoms with Gasteiger partial charge in [0.2, 0.25) is 0 Å². The second-order valence-electron chi connectivity index (χ2n) is 4.74. The zero-order chi connectivity index (χ0) is 15.6. The molecule has 120 valence electrons. The predicted octanol–water partition coefficient (Wildman–Crippen LogP) is 2.67. The molecule has 0 heterocycles. The minimum absolute atomic E-state index is 0.0370. The van der Waals surface area contributed by atoms with Gasteiger partial charge in [-0.15, -0.1) is 0 Å². The predicted molar refractivity (Wildman–Crippen MR) is 69.4 cm³/mol. The second-order valence-corrected chi connectivity index (χ2v) is 4.74. The number of nitrogens with one attached hydrogen (secondary N) is 1. The molecule has 0 aromatic rings. The molecule has 0 spiro atoms. The highest BCUT2D eigenvalue weighted by molar-refractivity contribution is 5.80. The summed E-state index contributed by atoms with van der Waals surface area (Å²) in [5.41, 5.74) is -0.786. The standard InChI is InChI=1S/C13H24F3NO3/c1-4-20-11(18)12(2,17-3)7-5-9-19-10-6-8-13(14,15)16/h17H,4-10H2,1-3H3. The fourth-order valence-corrected chi connectivity index (χ4v) is 1.62. The van der Waals surface area contributed by atoms with Gasteiger partial charge in [0.05, 0.1) is 6.61 Å². The average Bonchev–Trinajstić information content (AvgIpc) is 2.36. The van der Waals surface area contributed by atoms with Gasteiger partial charge in [-0.2, -0.15) is 13.2 Å². The molecule has 0 saturated carbocycles. The molecule has 0 rings (SSSR count). The van der Waals surface area contributed by atoms with Gasteiger partial charge in [0.25, 0.3) is 0 Å². The van der Waals surface area contributed by atoms with Gasteiger partial charge in [-0.25, -0.2) is 0 Å². The third kappa shape index (κ3) is 8.37. The van der Waals surface area contributed by atoms with Crippen LogP contribution in [0.3, 0.4) is 0 Å². The largest absolute Gasteiger partial charge is 0.465 e. The quantitative estimate of drug-likeness (QED) is 0.498. The molecule has 0 radical (unpaired) electrons. The van der Waals surface area contributed by atoms with Gasteiger partial charge in [0, 0.05) is 19.6 Å². The van der Waals surface area contributed by atoms with Crippen LogP contribution < -0.4 is 5.32 Å². The molecule has 0 aliphatic heterocycles. The Morgan fingerprint density at radius 1 is 1.15 bits per heavy atom. The molecule has 20 heavy (non-hydrogen) atoms. The van der Waals surface area contributed by atoms with Gasteiger partial charge < -0.3 is 14.8 Å². The number of carbonyl (C=O) groups excluding carboxylic acids is 1. The molecule has 4 nitrogen and oxygen atoms in total. The van der Waals surface area contributed by atoms with Gasteiger partial charge in [-0.3, -0.25) is 4.79 Å². The zero-order valence-electron chi connectivity index (χ0n) is 12.3. The van der Waals surface area contributed by atoms with Crippen molar-refractivity contribution in [3.05, 3.63) is 0 Å². The van der Waals surface area contributed by atoms with E-state index in [2.05, 4.69) is 5.32 Å². The van der Waals surface area contributed by atoms with Crippen LogP contribution in [0.5, 0.6) is 0 Å². The number of rotatable bonds is 10. The first-order valence-electron chi connectivity index (χ1n) is 6.76. The summed E-state index contributed by atoms with van der Waals surface area (Å²) in [6, 6.07) is 0.